The summed E-state index contributed by atoms with van der Waals surface area (Å²) in [6, 6.07) is 14.8. The monoisotopic (exact) mass is 562 g/mol. The van der Waals surface area contributed by atoms with E-state index >= 15 is 0 Å². The second-order valence-electron chi connectivity index (χ2n) is 10.5. The van der Waals surface area contributed by atoms with Crippen LogP contribution < -0.4 is 5.32 Å². The molecule has 11 nitrogen and oxygen atoms in total. The Morgan fingerprint density at radius 1 is 1.07 bits per heavy atom. The lowest BCUT2D eigenvalue weighted by Crippen LogP contribution is -2.76. The maximum Gasteiger partial charge on any atom is 0.334 e. The minimum absolute atomic E-state index is 0.0383. The van der Waals surface area contributed by atoms with Crippen LogP contribution in [-0.2, 0) is 27.3 Å². The quantitative estimate of drug-likeness (QED) is 0.427. The molecule has 2 N–H and O–H groups in total. The van der Waals surface area contributed by atoms with Gasteiger partial charge in [-0.2, -0.15) is 0 Å². The van der Waals surface area contributed by atoms with Crippen molar-refractivity contribution in [3.8, 4) is 5.75 Å². The zero-order chi connectivity index (χ0) is 29.5. The Hall–Kier alpha value is -4.38. The van der Waals surface area contributed by atoms with Crippen molar-refractivity contribution >= 4 is 23.8 Å². The van der Waals surface area contributed by atoms with Crippen LogP contribution in [-0.4, -0.2) is 106 Å². The van der Waals surface area contributed by atoms with Crippen molar-refractivity contribution in [3.05, 3.63) is 78.4 Å². The van der Waals surface area contributed by atoms with Crippen LogP contribution in [0.3, 0.4) is 0 Å². The highest BCUT2D eigenvalue weighted by Gasteiger charge is 2.51. The molecule has 0 unspecified atom stereocenters. The Kier molecular flexibility index (Phi) is 9.61. The van der Waals surface area contributed by atoms with Gasteiger partial charge in [0, 0.05) is 46.6 Å². The molecule has 5 amide bonds. The molecule has 0 bridgehead atoms. The first-order chi connectivity index (χ1) is 19.7. The predicted octanol–water partition coefficient (Wildman–Crippen LogP) is 1.80. The second kappa shape index (κ2) is 13.3. The molecule has 0 spiro atoms. The largest absolute Gasteiger partial charge is 0.508 e. The van der Waals surface area contributed by atoms with Crippen molar-refractivity contribution in [1.29, 1.82) is 0 Å². The molecular weight excluding hydrogens is 524 g/mol. The number of fused-ring (bicyclic) bond motifs is 1. The number of urea groups is 1. The second-order valence-corrected chi connectivity index (χ2v) is 10.5. The van der Waals surface area contributed by atoms with E-state index in [4.69, 9.17) is 0 Å². The van der Waals surface area contributed by atoms with Gasteiger partial charge in [-0.1, -0.05) is 48.5 Å². The maximum atomic E-state index is 13.8. The topological polar surface area (TPSA) is 117 Å². The summed E-state index contributed by atoms with van der Waals surface area (Å²) in [7, 11) is 3.38. The highest BCUT2D eigenvalue weighted by Crippen LogP contribution is 2.29. The average Bonchev–Trinajstić information content (AvgIpc) is 2.95. The minimum atomic E-state index is -0.856. The van der Waals surface area contributed by atoms with E-state index in [1.807, 2.05) is 30.3 Å². The van der Waals surface area contributed by atoms with Gasteiger partial charge in [0.1, 0.15) is 18.0 Å². The van der Waals surface area contributed by atoms with Crippen molar-refractivity contribution in [3.63, 3.8) is 0 Å². The number of amides is 5. The number of nitrogens with one attached hydrogen (secondary N) is 1. The lowest BCUT2D eigenvalue weighted by Gasteiger charge is -2.55. The first-order valence-corrected chi connectivity index (χ1v) is 13.7. The number of hydrogen-bond donors (Lipinski definition) is 2. The number of nitrogens with zero attached hydrogens (tertiary/aromatic N) is 5. The fourth-order valence-corrected chi connectivity index (χ4v) is 5.26. The van der Waals surface area contributed by atoms with Gasteiger partial charge in [-0.05, 0) is 29.7 Å². The fourth-order valence-electron chi connectivity index (χ4n) is 5.26. The molecule has 4 rings (SSSR count). The van der Waals surface area contributed by atoms with Crippen molar-refractivity contribution in [2.45, 2.75) is 38.0 Å². The van der Waals surface area contributed by atoms with E-state index in [2.05, 4.69) is 11.9 Å². The molecule has 0 aromatic heterocycles. The van der Waals surface area contributed by atoms with Gasteiger partial charge in [0.05, 0.1) is 13.1 Å². The van der Waals surface area contributed by atoms with Crippen LogP contribution >= 0.6 is 0 Å². The highest BCUT2D eigenvalue weighted by molar-refractivity contribution is 5.91. The van der Waals surface area contributed by atoms with Crippen LogP contribution in [0.15, 0.2) is 67.3 Å². The molecular formula is C30H38N6O5. The number of phenols is 1. The number of hydrogen-bond acceptors (Lipinski definition) is 6. The summed E-state index contributed by atoms with van der Waals surface area (Å²) in [4.78, 5) is 58.0. The number of carbonyl (C=O) groups is 4. The van der Waals surface area contributed by atoms with Crippen LogP contribution in [0.1, 0.15) is 24.0 Å². The van der Waals surface area contributed by atoms with E-state index in [1.165, 1.54) is 26.9 Å². The Morgan fingerprint density at radius 2 is 1.78 bits per heavy atom. The summed E-state index contributed by atoms with van der Waals surface area (Å²) in [6.07, 6.45) is 1.82. The third-order valence-corrected chi connectivity index (χ3v) is 7.35. The molecule has 2 aliphatic rings. The molecule has 2 heterocycles. The van der Waals surface area contributed by atoms with Gasteiger partial charge >= 0.3 is 6.03 Å². The summed E-state index contributed by atoms with van der Waals surface area (Å²) in [5.74, 6) is -0.432. The minimum Gasteiger partial charge on any atom is -0.508 e. The molecule has 0 saturated carbocycles. The van der Waals surface area contributed by atoms with E-state index in [-0.39, 0.29) is 55.9 Å². The highest BCUT2D eigenvalue weighted by atomic mass is 16.3. The van der Waals surface area contributed by atoms with Gasteiger partial charge in [-0.3, -0.25) is 14.4 Å². The molecule has 2 atom stereocenters. The number of benzene rings is 2. The summed E-state index contributed by atoms with van der Waals surface area (Å²) < 4.78 is 0. The summed E-state index contributed by atoms with van der Waals surface area (Å²) in [6.45, 7) is 4.70. The van der Waals surface area contributed by atoms with E-state index < -0.39 is 18.2 Å². The van der Waals surface area contributed by atoms with E-state index in [0.29, 0.717) is 19.5 Å². The molecule has 0 radical (unpaired) electrons. The Morgan fingerprint density at radius 3 is 2.44 bits per heavy atom. The van der Waals surface area contributed by atoms with Crippen LogP contribution in [0.4, 0.5) is 4.79 Å². The summed E-state index contributed by atoms with van der Waals surface area (Å²) in [5.41, 5.74) is 1.70. The van der Waals surface area contributed by atoms with E-state index in [1.54, 1.807) is 42.2 Å². The third kappa shape index (κ3) is 7.04. The molecule has 218 valence electrons. The number of aromatic hydroxyl groups is 1. The standard InChI is InChI=1S/C30H38N6O5/c1-4-16-34-21-28(39)35-25(18-22-12-14-24(37)15-13-22)29(40)33(17-8-11-27(38)32(2)3)20-26(35)36(34)30(41)31-19-23-9-6-5-7-10-23/h4-7,9-10,12-15,25-26,37H,1,8,11,16-21H2,2-3H3,(H,31,41)/t25-,26-/m0/s1. The van der Waals surface area contributed by atoms with Crippen LogP contribution in [0.5, 0.6) is 5.75 Å². The summed E-state index contributed by atoms with van der Waals surface area (Å²) in [5, 5.41) is 15.9. The van der Waals surface area contributed by atoms with Gasteiger partial charge in [-0.25, -0.2) is 14.8 Å². The molecule has 2 aromatic rings. The van der Waals surface area contributed by atoms with Crippen molar-refractivity contribution in [2.24, 2.45) is 0 Å². The normalized spacial score (nSPS) is 19.1. The van der Waals surface area contributed by atoms with E-state index in [9.17, 15) is 24.3 Å². The van der Waals surface area contributed by atoms with E-state index in [0.717, 1.165) is 11.1 Å². The molecule has 2 aromatic carbocycles. The van der Waals surface area contributed by atoms with Gasteiger partial charge in [0.15, 0.2) is 0 Å². The molecule has 0 aliphatic carbocycles. The SMILES string of the molecule is C=CCN1CC(=O)N2[C@@H](Cc3ccc(O)cc3)C(=O)N(CCCC(=O)N(C)C)C[C@@H]2N1C(=O)NCc1ccccc1. The van der Waals surface area contributed by atoms with Gasteiger partial charge < -0.3 is 25.1 Å². The molecule has 41 heavy (non-hydrogen) atoms. The fraction of sp³-hybridized carbons (Fsp3) is 0.400. The van der Waals surface area contributed by atoms with Crippen LogP contribution in [0.25, 0.3) is 0 Å². The first-order valence-electron chi connectivity index (χ1n) is 13.7. The molecule has 2 aliphatic heterocycles. The number of carbonyl (C=O) groups excluding carboxylic acids is 4. The van der Waals surface area contributed by atoms with Crippen LogP contribution in [0.2, 0.25) is 0 Å². The van der Waals surface area contributed by atoms with Crippen molar-refractivity contribution < 1.29 is 24.3 Å². The number of piperazine rings is 1. The van der Waals surface area contributed by atoms with Crippen molar-refractivity contribution in [1.82, 2.24) is 30.0 Å². The van der Waals surface area contributed by atoms with Gasteiger partial charge in [-0.15, -0.1) is 6.58 Å². The predicted molar refractivity (Wildman–Crippen MR) is 153 cm³/mol. The molecule has 2 fully saturated rings. The lowest BCUT2D eigenvalue weighted by molar-refractivity contribution is -0.189. The smallest absolute Gasteiger partial charge is 0.334 e. The van der Waals surface area contributed by atoms with Gasteiger partial charge in [0.25, 0.3) is 0 Å². The Balaban J connectivity index is 1.64. The maximum absolute atomic E-state index is 13.8. The van der Waals surface area contributed by atoms with Crippen LogP contribution in [0, 0.1) is 0 Å². The molecule has 11 heteroatoms. The van der Waals surface area contributed by atoms with Gasteiger partial charge in [0.2, 0.25) is 17.7 Å². The molecule has 2 saturated heterocycles. The average molecular weight is 563 g/mol. The number of phenolic OH excluding ortho intramolecular Hbond substituents is 1. The zero-order valence-corrected chi connectivity index (χ0v) is 23.6. The number of rotatable bonds is 10. The number of hydrazine groups is 1. The third-order valence-electron chi connectivity index (χ3n) is 7.35. The zero-order valence-electron chi connectivity index (χ0n) is 23.6. The summed E-state index contributed by atoms with van der Waals surface area (Å²) >= 11 is 0. The lowest BCUT2D eigenvalue weighted by atomic mass is 9.98. The Labute approximate surface area is 240 Å². The van der Waals surface area contributed by atoms with Crippen molar-refractivity contribution in [2.75, 3.05) is 40.3 Å². The first kappa shape index (κ1) is 29.6. The Bertz CT molecular complexity index is 1250.